The number of ketones is 1. The SMILES string of the molecule is CC(C)(O)[C@H]1OC2=CC[C@]3(C)[C@@]4(C)c5[nH]c6ccccc6c5C[C@@H]4C[C@H](OC(=O)C4CC4)[C@@]3(O)C2=CC1=O. The minimum Gasteiger partial charge on any atom is -0.479 e. The normalized spacial score (nSPS) is 37.8. The summed E-state index contributed by atoms with van der Waals surface area (Å²) >= 11 is 0. The minimum atomic E-state index is -1.66. The predicted octanol–water partition coefficient (Wildman–Crippen LogP) is 4.01. The van der Waals surface area contributed by atoms with Crippen LogP contribution in [0.5, 0.6) is 0 Å². The number of aliphatic hydroxyl groups is 2. The molecule has 38 heavy (non-hydrogen) atoms. The first-order valence-corrected chi connectivity index (χ1v) is 13.8. The Labute approximate surface area is 221 Å². The van der Waals surface area contributed by atoms with Crippen molar-refractivity contribution < 1.29 is 29.3 Å². The van der Waals surface area contributed by atoms with Crippen LogP contribution in [0.4, 0.5) is 0 Å². The van der Waals surface area contributed by atoms with E-state index >= 15 is 0 Å². The molecule has 2 fully saturated rings. The fourth-order valence-electron chi connectivity index (χ4n) is 8.05. The van der Waals surface area contributed by atoms with Gasteiger partial charge in [-0.05, 0) is 75.7 Å². The lowest BCUT2D eigenvalue weighted by Gasteiger charge is -2.64. The van der Waals surface area contributed by atoms with E-state index in [2.05, 4.69) is 31.0 Å². The Balaban J connectivity index is 1.42. The molecule has 0 radical (unpaired) electrons. The molecular weight excluding hydrogens is 482 g/mol. The van der Waals surface area contributed by atoms with Crippen LogP contribution in [0.3, 0.4) is 0 Å². The summed E-state index contributed by atoms with van der Waals surface area (Å²) in [5.74, 6) is -0.267. The summed E-state index contributed by atoms with van der Waals surface area (Å²) in [7, 11) is 0. The van der Waals surface area contributed by atoms with Crippen LogP contribution in [0, 0.1) is 17.3 Å². The van der Waals surface area contributed by atoms with E-state index in [4.69, 9.17) is 9.47 Å². The van der Waals surface area contributed by atoms with E-state index in [1.807, 2.05) is 18.2 Å². The number of rotatable bonds is 3. The summed E-state index contributed by atoms with van der Waals surface area (Å²) in [5, 5.41) is 24.8. The number of carbonyl (C=O) groups excluding carboxylic acids is 2. The zero-order valence-corrected chi connectivity index (χ0v) is 22.3. The highest BCUT2D eigenvalue weighted by atomic mass is 16.6. The molecule has 0 bridgehead atoms. The first-order chi connectivity index (χ1) is 17.9. The maximum absolute atomic E-state index is 13.3. The molecule has 2 saturated carbocycles. The van der Waals surface area contributed by atoms with Crippen LogP contribution in [-0.2, 0) is 30.9 Å². The van der Waals surface area contributed by atoms with E-state index in [1.165, 1.54) is 17.0 Å². The number of hydrogen-bond acceptors (Lipinski definition) is 6. The number of aromatic nitrogens is 1. The molecule has 2 heterocycles. The molecule has 7 rings (SSSR count). The Morgan fingerprint density at radius 2 is 1.95 bits per heavy atom. The number of ether oxygens (including phenoxy) is 2. The van der Waals surface area contributed by atoms with E-state index in [9.17, 15) is 19.8 Å². The smallest absolute Gasteiger partial charge is 0.309 e. The standard InChI is InChI=1S/C31H35NO6/c1-28(2,35)26-22(33)15-20-23(37-26)11-12-29(3)30(4)17(13-19-18-7-5-6-8-21(18)32-25(19)30)14-24(31(20,29)36)38-27(34)16-9-10-16/h5-8,11,15-17,24,26,32,35-36H,9-10,12-14H2,1-4H3/t17-,24+,26+,29-,30-,31+/m1/s1. The molecule has 1 aliphatic heterocycles. The highest BCUT2D eigenvalue weighted by molar-refractivity contribution is 5.97. The lowest BCUT2D eigenvalue weighted by atomic mass is 9.43. The summed E-state index contributed by atoms with van der Waals surface area (Å²) in [5.41, 5.74) is -0.556. The molecule has 6 atom stereocenters. The fourth-order valence-corrected chi connectivity index (χ4v) is 8.05. The van der Waals surface area contributed by atoms with E-state index in [0.717, 1.165) is 30.5 Å². The molecule has 0 saturated heterocycles. The van der Waals surface area contributed by atoms with Gasteiger partial charge in [0, 0.05) is 33.0 Å². The van der Waals surface area contributed by atoms with Crippen LogP contribution < -0.4 is 0 Å². The van der Waals surface area contributed by atoms with Crippen LogP contribution in [0.2, 0.25) is 0 Å². The van der Waals surface area contributed by atoms with Gasteiger partial charge >= 0.3 is 5.97 Å². The number of para-hydroxylation sites is 1. The van der Waals surface area contributed by atoms with Gasteiger partial charge in [0.25, 0.3) is 0 Å². The van der Waals surface area contributed by atoms with E-state index in [0.29, 0.717) is 24.2 Å². The number of carbonyl (C=O) groups is 2. The van der Waals surface area contributed by atoms with E-state index in [1.54, 1.807) is 13.8 Å². The average Bonchev–Trinajstić information content (AvgIpc) is 3.60. The zero-order chi connectivity index (χ0) is 26.8. The van der Waals surface area contributed by atoms with Gasteiger partial charge in [0.2, 0.25) is 0 Å². The number of nitrogens with one attached hydrogen (secondary N) is 1. The van der Waals surface area contributed by atoms with Crippen molar-refractivity contribution in [2.24, 2.45) is 17.3 Å². The van der Waals surface area contributed by atoms with Gasteiger partial charge in [0.1, 0.15) is 23.1 Å². The molecule has 0 unspecified atom stereocenters. The Morgan fingerprint density at radius 3 is 2.66 bits per heavy atom. The second-order valence-electron chi connectivity index (χ2n) is 13.0. The van der Waals surface area contributed by atoms with Gasteiger partial charge in [-0.25, -0.2) is 0 Å². The van der Waals surface area contributed by atoms with Gasteiger partial charge in [-0.2, -0.15) is 0 Å². The Bertz CT molecular complexity index is 1460. The van der Waals surface area contributed by atoms with Crippen LogP contribution in [0.1, 0.15) is 64.6 Å². The molecule has 0 amide bonds. The third kappa shape index (κ3) is 2.87. The van der Waals surface area contributed by atoms with Crippen molar-refractivity contribution in [1.29, 1.82) is 0 Å². The number of fused-ring (bicyclic) bond motifs is 9. The van der Waals surface area contributed by atoms with Crippen LogP contribution in [0.25, 0.3) is 10.9 Å². The Morgan fingerprint density at radius 1 is 1.21 bits per heavy atom. The highest BCUT2D eigenvalue weighted by Gasteiger charge is 2.73. The number of allylic oxidation sites excluding steroid dienone is 1. The first kappa shape index (κ1) is 24.2. The van der Waals surface area contributed by atoms with Crippen molar-refractivity contribution in [3.8, 4) is 0 Å². The molecule has 5 aliphatic rings. The number of aromatic amines is 1. The Hall–Kier alpha value is -2.90. The number of benzene rings is 1. The van der Waals surface area contributed by atoms with Crippen LogP contribution in [-0.4, -0.2) is 50.4 Å². The third-order valence-corrected chi connectivity index (χ3v) is 10.5. The third-order valence-electron chi connectivity index (χ3n) is 10.5. The molecule has 7 nitrogen and oxygen atoms in total. The molecule has 1 aromatic carbocycles. The molecule has 0 spiro atoms. The number of H-pyrrole nitrogens is 1. The largest absolute Gasteiger partial charge is 0.479 e. The van der Waals surface area contributed by atoms with Gasteiger partial charge in [-0.1, -0.05) is 32.0 Å². The van der Waals surface area contributed by atoms with Crippen molar-refractivity contribution in [1.82, 2.24) is 4.98 Å². The van der Waals surface area contributed by atoms with Crippen molar-refractivity contribution in [3.05, 3.63) is 59.0 Å². The summed E-state index contributed by atoms with van der Waals surface area (Å²) in [6, 6.07) is 8.28. The highest BCUT2D eigenvalue weighted by Crippen LogP contribution is 2.69. The van der Waals surface area contributed by atoms with Crippen molar-refractivity contribution in [2.45, 2.75) is 88.6 Å². The topological polar surface area (TPSA) is 109 Å². The molecule has 2 aromatic rings. The molecule has 3 N–H and O–H groups in total. The van der Waals surface area contributed by atoms with Gasteiger partial charge in [0.15, 0.2) is 11.9 Å². The van der Waals surface area contributed by atoms with Gasteiger partial charge in [-0.3, -0.25) is 9.59 Å². The Kier molecular flexibility index (Phi) is 4.70. The maximum Gasteiger partial charge on any atom is 0.309 e. The summed E-state index contributed by atoms with van der Waals surface area (Å²) < 4.78 is 12.3. The summed E-state index contributed by atoms with van der Waals surface area (Å²) in [6.07, 6.45) is 4.86. The molecule has 1 aromatic heterocycles. The minimum absolute atomic E-state index is 0.116. The summed E-state index contributed by atoms with van der Waals surface area (Å²) in [4.78, 5) is 30.0. The van der Waals surface area contributed by atoms with Crippen molar-refractivity contribution in [2.75, 3.05) is 0 Å². The lowest BCUT2D eigenvalue weighted by Crippen LogP contribution is -2.71. The molecular formula is C31H35NO6. The first-order valence-electron chi connectivity index (χ1n) is 13.8. The average molecular weight is 518 g/mol. The van der Waals surface area contributed by atoms with Crippen molar-refractivity contribution >= 4 is 22.7 Å². The van der Waals surface area contributed by atoms with Gasteiger partial charge < -0.3 is 24.7 Å². The van der Waals surface area contributed by atoms with E-state index in [-0.39, 0.29) is 17.8 Å². The van der Waals surface area contributed by atoms with Crippen molar-refractivity contribution in [3.63, 3.8) is 0 Å². The van der Waals surface area contributed by atoms with E-state index < -0.39 is 40.0 Å². The quantitative estimate of drug-likeness (QED) is 0.531. The fraction of sp³-hybridized carbons (Fsp3) is 0.548. The second-order valence-corrected chi connectivity index (χ2v) is 13.0. The molecule has 7 heteroatoms. The number of hydrogen-bond donors (Lipinski definition) is 3. The number of esters is 1. The maximum atomic E-state index is 13.3. The zero-order valence-electron chi connectivity index (χ0n) is 22.3. The van der Waals surface area contributed by atoms with Crippen LogP contribution in [0.15, 0.2) is 47.7 Å². The molecule has 4 aliphatic carbocycles. The molecule has 200 valence electrons. The van der Waals surface area contributed by atoms with Crippen LogP contribution >= 0.6 is 0 Å². The summed E-state index contributed by atoms with van der Waals surface area (Å²) in [6.45, 7) is 7.36. The lowest BCUT2D eigenvalue weighted by molar-refractivity contribution is -0.222. The predicted molar refractivity (Wildman–Crippen MR) is 140 cm³/mol. The van der Waals surface area contributed by atoms with Gasteiger partial charge in [0.05, 0.1) is 5.92 Å². The van der Waals surface area contributed by atoms with Gasteiger partial charge in [-0.15, -0.1) is 0 Å². The monoisotopic (exact) mass is 517 g/mol. The second kappa shape index (κ2) is 7.39.